The third-order valence-corrected chi connectivity index (χ3v) is 14.5. The van der Waals surface area contributed by atoms with Gasteiger partial charge < -0.3 is 35.0 Å². The van der Waals surface area contributed by atoms with Crippen LogP contribution in [-0.2, 0) is 9.47 Å². The number of aliphatic hydroxyl groups excluding tert-OH is 5. The molecule has 1 saturated heterocycles. The second-order valence-corrected chi connectivity index (χ2v) is 16.7. The summed E-state index contributed by atoms with van der Waals surface area (Å²) in [5.41, 5.74) is 4.60. The van der Waals surface area contributed by atoms with Gasteiger partial charge in [-0.2, -0.15) is 0 Å². The van der Waals surface area contributed by atoms with Gasteiger partial charge in [-0.25, -0.2) is 0 Å². The maximum atomic E-state index is 11.0. The van der Waals surface area contributed by atoms with Crippen molar-refractivity contribution in [1.29, 1.82) is 0 Å². The Morgan fingerprint density at radius 3 is 2.25 bits per heavy atom. The number of hydrogen-bond acceptors (Lipinski definition) is 7. The molecule has 44 heavy (non-hydrogen) atoms. The Balaban J connectivity index is 1.38. The molecule has 5 rings (SSSR count). The summed E-state index contributed by atoms with van der Waals surface area (Å²) in [4.78, 5) is 0. The minimum atomic E-state index is -1.48. The number of aliphatic hydroxyl groups is 5. The molecule has 1 aliphatic heterocycles. The molecule has 2 saturated carbocycles. The Morgan fingerprint density at radius 1 is 0.909 bits per heavy atom. The molecule has 252 valence electrons. The van der Waals surface area contributed by atoms with Crippen LogP contribution in [0.15, 0.2) is 23.3 Å². The maximum absolute atomic E-state index is 11.0. The topological polar surface area (TPSA) is 120 Å². The molecule has 5 aliphatic rings. The van der Waals surface area contributed by atoms with Gasteiger partial charge in [0.05, 0.1) is 19.3 Å². The first-order chi connectivity index (χ1) is 20.6. The first-order valence-electron chi connectivity index (χ1n) is 17.6. The molecule has 3 fully saturated rings. The van der Waals surface area contributed by atoms with Gasteiger partial charge in [0, 0.05) is 5.41 Å². The van der Waals surface area contributed by atoms with Crippen molar-refractivity contribution in [3.63, 3.8) is 0 Å². The summed E-state index contributed by atoms with van der Waals surface area (Å²) >= 11 is 0. The molecule has 0 radical (unpaired) electrons. The van der Waals surface area contributed by atoms with Crippen LogP contribution in [0.3, 0.4) is 0 Å². The average Bonchev–Trinajstić information content (AvgIpc) is 3.28. The first kappa shape index (κ1) is 34.5. The summed E-state index contributed by atoms with van der Waals surface area (Å²) < 4.78 is 12.1. The lowest BCUT2D eigenvalue weighted by molar-refractivity contribution is -0.328. The molecule has 0 aromatic carbocycles. The van der Waals surface area contributed by atoms with Crippen molar-refractivity contribution < 1.29 is 35.0 Å². The van der Waals surface area contributed by atoms with Crippen LogP contribution < -0.4 is 0 Å². The van der Waals surface area contributed by atoms with Crippen LogP contribution in [0.4, 0.5) is 0 Å². The minimum absolute atomic E-state index is 0.0383. The second kappa shape index (κ2) is 12.3. The smallest absolute Gasteiger partial charge is 0.186 e. The van der Waals surface area contributed by atoms with Crippen molar-refractivity contribution in [2.24, 2.45) is 45.3 Å². The van der Waals surface area contributed by atoms with Crippen LogP contribution in [0, 0.1) is 45.3 Å². The molecule has 0 aromatic heterocycles. The molecule has 4 aliphatic carbocycles. The van der Waals surface area contributed by atoms with Crippen LogP contribution in [0.1, 0.15) is 113 Å². The van der Waals surface area contributed by atoms with E-state index in [4.69, 9.17) is 9.47 Å². The summed E-state index contributed by atoms with van der Waals surface area (Å²) in [6, 6.07) is 0. The van der Waals surface area contributed by atoms with E-state index in [1.165, 1.54) is 31.3 Å². The average molecular weight is 619 g/mol. The molecule has 0 aromatic rings. The Kier molecular flexibility index (Phi) is 9.68. The molecule has 7 heteroatoms. The van der Waals surface area contributed by atoms with Crippen LogP contribution in [0.2, 0.25) is 0 Å². The molecule has 0 spiro atoms. The van der Waals surface area contributed by atoms with E-state index in [0.29, 0.717) is 18.3 Å². The van der Waals surface area contributed by atoms with Gasteiger partial charge in [-0.05, 0) is 104 Å². The van der Waals surface area contributed by atoms with E-state index in [-0.39, 0.29) is 28.8 Å². The van der Waals surface area contributed by atoms with Gasteiger partial charge in [-0.1, -0.05) is 71.8 Å². The van der Waals surface area contributed by atoms with E-state index in [9.17, 15) is 25.5 Å². The van der Waals surface area contributed by atoms with E-state index < -0.39 is 48.8 Å². The SMILES string of the molecule is C=C(CC[C@@H](C)[C@H]1CC[C@@]2(C)C3=C(CC[C@]12C)[C@@]1(C)CC[C@H](O[C@@H]2O[C@H](CO)[C@@H](O)[C@H](O)[C@H]2O)[C@@](C)(CO)[C@H]1CC3)C(C)C. The maximum Gasteiger partial charge on any atom is 0.186 e. The molecule has 0 amide bonds. The Hall–Kier alpha value is -0.800. The normalized spacial score (nSPS) is 48.1. The Labute approximate surface area is 266 Å². The van der Waals surface area contributed by atoms with Crippen molar-refractivity contribution >= 4 is 0 Å². The van der Waals surface area contributed by atoms with Crippen molar-refractivity contribution in [3.05, 3.63) is 23.3 Å². The number of fused-ring (bicyclic) bond motifs is 4. The number of hydrogen-bond donors (Lipinski definition) is 5. The quantitative estimate of drug-likeness (QED) is 0.216. The number of ether oxygens (including phenoxy) is 2. The summed E-state index contributed by atoms with van der Waals surface area (Å²) in [6.45, 7) is 20.5. The van der Waals surface area contributed by atoms with Gasteiger partial charge in [0.1, 0.15) is 24.4 Å². The highest BCUT2D eigenvalue weighted by Gasteiger charge is 2.64. The fourth-order valence-electron chi connectivity index (χ4n) is 11.1. The van der Waals surface area contributed by atoms with Crippen molar-refractivity contribution in [3.8, 4) is 0 Å². The largest absolute Gasteiger partial charge is 0.396 e. The summed E-state index contributed by atoms with van der Waals surface area (Å²) in [5.74, 6) is 2.15. The van der Waals surface area contributed by atoms with Crippen LogP contribution >= 0.6 is 0 Å². The van der Waals surface area contributed by atoms with Gasteiger partial charge in [-0.15, -0.1) is 0 Å². The zero-order valence-corrected chi connectivity index (χ0v) is 28.5. The van der Waals surface area contributed by atoms with Gasteiger partial charge in [0.25, 0.3) is 0 Å². The van der Waals surface area contributed by atoms with E-state index in [0.717, 1.165) is 38.0 Å². The van der Waals surface area contributed by atoms with Gasteiger partial charge in [0.15, 0.2) is 6.29 Å². The zero-order valence-electron chi connectivity index (χ0n) is 28.5. The fourth-order valence-corrected chi connectivity index (χ4v) is 11.1. The predicted molar refractivity (Wildman–Crippen MR) is 171 cm³/mol. The standard InChI is InChI=1S/C37H62O7/c1-21(2)22(3)9-10-23(4)24-13-17-37(8)26-11-12-28-34(5,25(26)14-18-36(24,37)7)16-15-29(35(28,6)20-39)44-33-32(42)31(41)30(40)27(19-38)43-33/h21,23-24,27-33,38-42H,3,9-20H2,1-2,4-8H3/t23-,24-,27-,28+,29+,30-,31+,32-,33+,34-,35+,36-,37+/m1/s1. The highest BCUT2D eigenvalue weighted by Crippen LogP contribution is 2.72. The third-order valence-electron chi connectivity index (χ3n) is 14.5. The number of rotatable bonds is 9. The van der Waals surface area contributed by atoms with Gasteiger partial charge >= 0.3 is 0 Å². The fraction of sp³-hybridized carbons (Fsp3) is 0.892. The van der Waals surface area contributed by atoms with Gasteiger partial charge in [-0.3, -0.25) is 0 Å². The molecule has 0 bridgehead atoms. The van der Waals surface area contributed by atoms with E-state index in [1.807, 2.05) is 0 Å². The molecule has 13 atom stereocenters. The third kappa shape index (κ3) is 5.20. The first-order valence-corrected chi connectivity index (χ1v) is 17.6. The lowest BCUT2D eigenvalue weighted by atomic mass is 9.43. The van der Waals surface area contributed by atoms with Gasteiger partial charge in [0.2, 0.25) is 0 Å². The Morgan fingerprint density at radius 2 is 1.61 bits per heavy atom. The van der Waals surface area contributed by atoms with Crippen molar-refractivity contribution in [2.75, 3.05) is 13.2 Å². The molecular formula is C37H62O7. The van der Waals surface area contributed by atoms with Crippen molar-refractivity contribution in [2.45, 2.75) is 149 Å². The van der Waals surface area contributed by atoms with Crippen LogP contribution in [0.5, 0.6) is 0 Å². The lowest BCUT2D eigenvalue weighted by Crippen LogP contribution is -2.62. The molecule has 1 heterocycles. The summed E-state index contributed by atoms with van der Waals surface area (Å²) in [5, 5.41) is 52.0. The second-order valence-electron chi connectivity index (χ2n) is 16.7. The monoisotopic (exact) mass is 618 g/mol. The Bertz CT molecular complexity index is 1100. The zero-order chi connectivity index (χ0) is 32.4. The van der Waals surface area contributed by atoms with Crippen LogP contribution in [-0.4, -0.2) is 75.6 Å². The van der Waals surface area contributed by atoms with E-state index in [2.05, 4.69) is 55.0 Å². The summed E-state index contributed by atoms with van der Waals surface area (Å²) in [7, 11) is 0. The van der Waals surface area contributed by atoms with E-state index >= 15 is 0 Å². The van der Waals surface area contributed by atoms with E-state index in [1.54, 1.807) is 11.1 Å². The molecular weight excluding hydrogens is 556 g/mol. The molecule has 5 N–H and O–H groups in total. The molecule has 7 nitrogen and oxygen atoms in total. The number of allylic oxidation sites excluding steroid dienone is 3. The lowest BCUT2D eigenvalue weighted by Gasteiger charge is -2.63. The minimum Gasteiger partial charge on any atom is -0.396 e. The highest BCUT2D eigenvalue weighted by molar-refractivity contribution is 5.39. The van der Waals surface area contributed by atoms with Crippen LogP contribution in [0.25, 0.3) is 0 Å². The predicted octanol–water partition coefficient (Wildman–Crippen LogP) is 5.52. The highest BCUT2D eigenvalue weighted by atomic mass is 16.7. The molecule has 0 unspecified atom stereocenters. The van der Waals surface area contributed by atoms with Crippen molar-refractivity contribution in [1.82, 2.24) is 0 Å². The summed E-state index contributed by atoms with van der Waals surface area (Å²) in [6.07, 6.45) is 3.96.